The van der Waals surface area contributed by atoms with Crippen LogP contribution < -0.4 is 4.74 Å². The van der Waals surface area contributed by atoms with Crippen molar-refractivity contribution in [2.75, 3.05) is 0 Å². The summed E-state index contributed by atoms with van der Waals surface area (Å²) in [5.74, 6) is -1.69. The van der Waals surface area contributed by atoms with Gasteiger partial charge in [0.25, 0.3) is 0 Å². The number of alkyl halides is 3. The van der Waals surface area contributed by atoms with Crippen molar-refractivity contribution in [3.63, 3.8) is 0 Å². The molecule has 100 valence electrons. The zero-order valence-corrected chi connectivity index (χ0v) is 9.84. The van der Waals surface area contributed by atoms with Crippen LogP contribution >= 0.6 is 11.6 Å². The molecule has 19 heavy (non-hydrogen) atoms. The lowest BCUT2D eigenvalue weighted by Gasteiger charge is -2.10. The minimum atomic E-state index is -4.80. The first kappa shape index (κ1) is 13.5. The van der Waals surface area contributed by atoms with Gasteiger partial charge >= 0.3 is 6.18 Å². The molecule has 1 aromatic carbocycles. The summed E-state index contributed by atoms with van der Waals surface area (Å²) in [6, 6.07) is 2.25. The third-order valence-corrected chi connectivity index (χ3v) is 2.23. The molecule has 1 aromatic heterocycles. The monoisotopic (exact) mass is 292 g/mol. The van der Waals surface area contributed by atoms with Crippen LogP contribution in [0.2, 0.25) is 5.15 Å². The largest absolute Gasteiger partial charge is 0.437 e. The van der Waals surface area contributed by atoms with Crippen LogP contribution in [0.3, 0.4) is 0 Å². The number of aromatic nitrogens is 2. The molecule has 1 heterocycles. The second-order valence-corrected chi connectivity index (χ2v) is 3.81. The lowest BCUT2D eigenvalue weighted by atomic mass is 10.2. The summed E-state index contributed by atoms with van der Waals surface area (Å²) < 4.78 is 55.5. The average Bonchev–Trinajstić information content (AvgIpc) is 2.30. The summed E-state index contributed by atoms with van der Waals surface area (Å²) >= 11 is 5.55. The van der Waals surface area contributed by atoms with E-state index >= 15 is 0 Å². The van der Waals surface area contributed by atoms with Crippen LogP contribution in [-0.4, -0.2) is 9.97 Å². The van der Waals surface area contributed by atoms with Crippen LogP contribution in [0.15, 0.2) is 30.6 Å². The highest BCUT2D eigenvalue weighted by atomic mass is 35.5. The number of rotatable bonds is 2. The van der Waals surface area contributed by atoms with Crippen LogP contribution in [0, 0.1) is 5.82 Å². The highest BCUT2D eigenvalue weighted by Crippen LogP contribution is 2.34. The Kier molecular flexibility index (Phi) is 3.57. The van der Waals surface area contributed by atoms with Gasteiger partial charge < -0.3 is 4.74 Å². The number of ether oxygens (including phenoxy) is 1. The minimum Gasteiger partial charge on any atom is -0.437 e. The van der Waals surface area contributed by atoms with Gasteiger partial charge in [0.15, 0.2) is 5.15 Å². The second-order valence-electron chi connectivity index (χ2n) is 3.42. The maximum absolute atomic E-state index is 13.0. The molecule has 0 aliphatic heterocycles. The van der Waals surface area contributed by atoms with E-state index in [4.69, 9.17) is 16.3 Å². The number of nitrogens with zero attached hydrogens (tertiary/aromatic N) is 2. The molecule has 8 heteroatoms. The van der Waals surface area contributed by atoms with Crippen LogP contribution in [0.25, 0.3) is 0 Å². The first-order valence-corrected chi connectivity index (χ1v) is 5.26. The van der Waals surface area contributed by atoms with Crippen molar-refractivity contribution < 1.29 is 22.3 Å². The summed E-state index contributed by atoms with van der Waals surface area (Å²) in [5, 5.41) is 0.0238. The van der Waals surface area contributed by atoms with Crippen molar-refractivity contribution in [3.05, 3.63) is 47.1 Å². The van der Waals surface area contributed by atoms with Crippen molar-refractivity contribution in [2.24, 2.45) is 0 Å². The van der Waals surface area contributed by atoms with E-state index in [-0.39, 0.29) is 16.8 Å². The molecule has 2 rings (SSSR count). The van der Waals surface area contributed by atoms with E-state index in [1.807, 2.05) is 0 Å². The van der Waals surface area contributed by atoms with Crippen LogP contribution in [-0.2, 0) is 6.18 Å². The molecule has 0 N–H and O–H groups in total. The molecule has 0 amide bonds. The fourth-order valence-corrected chi connectivity index (χ4v) is 1.42. The smallest absolute Gasteiger partial charge is 0.419 e. The molecule has 0 saturated heterocycles. The van der Waals surface area contributed by atoms with Gasteiger partial charge in [-0.2, -0.15) is 18.2 Å². The van der Waals surface area contributed by atoms with Crippen molar-refractivity contribution in [3.8, 4) is 11.6 Å². The maximum atomic E-state index is 13.0. The van der Waals surface area contributed by atoms with E-state index in [0.29, 0.717) is 12.1 Å². The minimum absolute atomic E-state index is 0.0238. The third-order valence-electron chi connectivity index (χ3n) is 2.05. The number of halogens is 5. The van der Waals surface area contributed by atoms with Crippen LogP contribution in [0.4, 0.5) is 17.6 Å². The molecule has 0 saturated carbocycles. The number of benzene rings is 1. The molecular formula is C11H5ClF4N2O. The molecule has 0 fully saturated rings. The fraction of sp³-hybridized carbons (Fsp3) is 0.0909. The SMILES string of the molecule is Fc1ccc(Oc2cncc(Cl)n2)cc1C(F)(F)F. The Morgan fingerprint density at radius 2 is 1.89 bits per heavy atom. The zero-order valence-electron chi connectivity index (χ0n) is 9.08. The van der Waals surface area contributed by atoms with Crippen molar-refractivity contribution in [1.29, 1.82) is 0 Å². The molecule has 0 aliphatic carbocycles. The molecule has 2 aromatic rings. The van der Waals surface area contributed by atoms with E-state index in [2.05, 4.69) is 9.97 Å². The Morgan fingerprint density at radius 3 is 2.53 bits per heavy atom. The number of hydrogen-bond donors (Lipinski definition) is 0. The van der Waals surface area contributed by atoms with Gasteiger partial charge in [0.1, 0.15) is 11.6 Å². The Bertz CT molecular complexity index is 603. The highest BCUT2D eigenvalue weighted by Gasteiger charge is 2.34. The van der Waals surface area contributed by atoms with Gasteiger partial charge in [0, 0.05) is 0 Å². The molecule has 0 radical (unpaired) electrons. The van der Waals surface area contributed by atoms with Crippen molar-refractivity contribution >= 4 is 11.6 Å². The fourth-order valence-electron chi connectivity index (χ4n) is 1.28. The molecule has 0 aliphatic rings. The van der Waals surface area contributed by atoms with Gasteiger partial charge in [-0.15, -0.1) is 0 Å². The Morgan fingerprint density at radius 1 is 1.16 bits per heavy atom. The normalized spacial score (nSPS) is 11.4. The van der Waals surface area contributed by atoms with Gasteiger partial charge in [-0.25, -0.2) is 4.39 Å². The van der Waals surface area contributed by atoms with Gasteiger partial charge in [-0.1, -0.05) is 11.6 Å². The summed E-state index contributed by atoms with van der Waals surface area (Å²) in [7, 11) is 0. The second kappa shape index (κ2) is 5.00. The molecule has 0 unspecified atom stereocenters. The molecule has 0 atom stereocenters. The van der Waals surface area contributed by atoms with Gasteiger partial charge in [0.05, 0.1) is 18.0 Å². The predicted octanol–water partition coefficient (Wildman–Crippen LogP) is 4.08. The van der Waals surface area contributed by atoms with Crippen molar-refractivity contribution in [1.82, 2.24) is 9.97 Å². The lowest BCUT2D eigenvalue weighted by molar-refractivity contribution is -0.140. The van der Waals surface area contributed by atoms with E-state index in [1.54, 1.807) is 0 Å². The quantitative estimate of drug-likeness (QED) is 0.782. The first-order chi connectivity index (χ1) is 8.86. The average molecular weight is 293 g/mol. The van der Waals surface area contributed by atoms with Gasteiger partial charge in [-0.05, 0) is 18.2 Å². The van der Waals surface area contributed by atoms with E-state index < -0.39 is 17.6 Å². The zero-order chi connectivity index (χ0) is 14.0. The van der Waals surface area contributed by atoms with Crippen molar-refractivity contribution in [2.45, 2.75) is 6.18 Å². The Balaban J connectivity index is 2.32. The third kappa shape index (κ3) is 3.31. The van der Waals surface area contributed by atoms with E-state index in [0.717, 1.165) is 6.07 Å². The molecule has 3 nitrogen and oxygen atoms in total. The Hall–Kier alpha value is -1.89. The lowest BCUT2D eigenvalue weighted by Crippen LogP contribution is -2.08. The summed E-state index contributed by atoms with van der Waals surface area (Å²) in [4.78, 5) is 7.34. The summed E-state index contributed by atoms with van der Waals surface area (Å²) in [5.41, 5.74) is -1.42. The Labute approximate surface area is 109 Å². The first-order valence-electron chi connectivity index (χ1n) is 4.88. The van der Waals surface area contributed by atoms with Crippen LogP contribution in [0.1, 0.15) is 5.56 Å². The van der Waals surface area contributed by atoms with E-state index in [1.165, 1.54) is 12.4 Å². The highest BCUT2D eigenvalue weighted by molar-refractivity contribution is 6.29. The topological polar surface area (TPSA) is 35.0 Å². The standard InChI is InChI=1S/C11H5ClF4N2O/c12-9-4-17-5-10(18-9)19-6-1-2-8(13)7(3-6)11(14,15)16/h1-5H. The number of hydrogen-bond acceptors (Lipinski definition) is 3. The molecule has 0 spiro atoms. The molecular weight excluding hydrogens is 288 g/mol. The van der Waals surface area contributed by atoms with Gasteiger partial charge in [0.2, 0.25) is 5.88 Å². The maximum Gasteiger partial charge on any atom is 0.419 e. The van der Waals surface area contributed by atoms with Gasteiger partial charge in [-0.3, -0.25) is 4.98 Å². The van der Waals surface area contributed by atoms with Crippen LogP contribution in [0.5, 0.6) is 11.6 Å². The molecule has 0 bridgehead atoms. The van der Waals surface area contributed by atoms with E-state index in [9.17, 15) is 17.6 Å². The summed E-state index contributed by atoms with van der Waals surface area (Å²) in [6.45, 7) is 0. The summed E-state index contributed by atoms with van der Waals surface area (Å²) in [6.07, 6.45) is -2.40. The predicted molar refractivity (Wildman–Crippen MR) is 58.5 cm³/mol.